The summed E-state index contributed by atoms with van der Waals surface area (Å²) in [4.78, 5) is 2.64. The lowest BCUT2D eigenvalue weighted by Gasteiger charge is -2.31. The van der Waals surface area contributed by atoms with Crippen molar-refractivity contribution in [1.82, 2.24) is 4.90 Å². The van der Waals surface area contributed by atoms with Crippen LogP contribution in [0.3, 0.4) is 0 Å². The first-order valence-electron chi connectivity index (χ1n) is 6.08. The lowest BCUT2D eigenvalue weighted by Crippen LogP contribution is -2.35. The van der Waals surface area contributed by atoms with Crippen molar-refractivity contribution in [3.63, 3.8) is 0 Å². The molecule has 1 aliphatic rings. The molecule has 1 fully saturated rings. The third-order valence-electron chi connectivity index (χ3n) is 3.77. The zero-order valence-corrected chi connectivity index (χ0v) is 10.6. The first-order valence-corrected chi connectivity index (χ1v) is 6.46. The highest BCUT2D eigenvalue weighted by Crippen LogP contribution is 2.34. The molecule has 0 amide bonds. The molecule has 1 heterocycles. The molecule has 0 aromatic carbocycles. The summed E-state index contributed by atoms with van der Waals surface area (Å²) in [7, 11) is 0. The van der Waals surface area contributed by atoms with Crippen LogP contribution < -0.4 is 0 Å². The van der Waals surface area contributed by atoms with Gasteiger partial charge in [0.2, 0.25) is 0 Å². The molecule has 1 unspecified atom stereocenters. The molecule has 0 radical (unpaired) electrons. The molecule has 1 saturated heterocycles. The Morgan fingerprint density at radius 3 is 2.43 bits per heavy atom. The monoisotopic (exact) mass is 217 g/mol. The van der Waals surface area contributed by atoms with Gasteiger partial charge in [0, 0.05) is 10.9 Å². The van der Waals surface area contributed by atoms with Gasteiger partial charge in [0.25, 0.3) is 0 Å². The van der Waals surface area contributed by atoms with Crippen LogP contribution in [0.1, 0.15) is 52.9 Å². The molecule has 2 heteroatoms. The van der Waals surface area contributed by atoms with E-state index < -0.39 is 0 Å². The van der Waals surface area contributed by atoms with Crippen LogP contribution in [-0.2, 0) is 0 Å². The van der Waals surface area contributed by atoms with E-state index in [0.717, 1.165) is 18.9 Å². The zero-order valence-electron chi connectivity index (χ0n) is 9.85. The second kappa shape index (κ2) is 5.37. The van der Waals surface area contributed by atoms with Crippen LogP contribution in [0.15, 0.2) is 0 Å². The second-order valence-corrected chi connectivity index (χ2v) is 5.29. The Bertz CT molecular complexity index is 166. The normalized spacial score (nSPS) is 24.4. The third kappa shape index (κ3) is 2.87. The van der Waals surface area contributed by atoms with Crippen LogP contribution in [-0.4, -0.2) is 28.9 Å². The molecule has 1 atom stereocenters. The van der Waals surface area contributed by atoms with Gasteiger partial charge in [-0.3, -0.25) is 0 Å². The predicted molar refractivity (Wildman–Crippen MR) is 64.1 cm³/mol. The Morgan fingerprint density at radius 1 is 1.29 bits per heavy atom. The van der Waals surface area contributed by atoms with Crippen molar-refractivity contribution in [2.75, 3.05) is 13.1 Å². The van der Waals surface area contributed by atoms with Crippen LogP contribution in [0.2, 0.25) is 0 Å². The number of alkyl halides is 1. The average Bonchev–Trinajstić information content (AvgIpc) is 2.65. The SMILES string of the molecule is CCN1CCCC1CC(Cl)(CC)CC. The van der Waals surface area contributed by atoms with Gasteiger partial charge in [-0.25, -0.2) is 0 Å². The quantitative estimate of drug-likeness (QED) is 0.636. The largest absolute Gasteiger partial charge is 0.301 e. The fraction of sp³-hybridized carbons (Fsp3) is 1.00. The van der Waals surface area contributed by atoms with Crippen molar-refractivity contribution in [2.45, 2.75) is 63.8 Å². The molecule has 0 N–H and O–H groups in total. The summed E-state index contributed by atoms with van der Waals surface area (Å²) < 4.78 is 0. The van der Waals surface area contributed by atoms with Crippen LogP contribution >= 0.6 is 11.6 Å². The molecule has 0 aromatic heterocycles. The molecule has 14 heavy (non-hydrogen) atoms. The Kier molecular flexibility index (Phi) is 4.72. The van der Waals surface area contributed by atoms with Crippen molar-refractivity contribution in [3.05, 3.63) is 0 Å². The minimum atomic E-state index is 0.0580. The zero-order chi connectivity index (χ0) is 10.6. The van der Waals surface area contributed by atoms with E-state index in [4.69, 9.17) is 11.6 Å². The summed E-state index contributed by atoms with van der Waals surface area (Å²) in [5.74, 6) is 0. The van der Waals surface area contributed by atoms with Gasteiger partial charge in [-0.1, -0.05) is 20.8 Å². The number of rotatable bonds is 5. The van der Waals surface area contributed by atoms with E-state index in [1.165, 1.54) is 32.4 Å². The molecule has 0 saturated carbocycles. The molecule has 0 bridgehead atoms. The number of nitrogens with zero attached hydrogens (tertiary/aromatic N) is 1. The summed E-state index contributed by atoms with van der Waals surface area (Å²) in [6.45, 7) is 9.14. The third-order valence-corrected chi connectivity index (χ3v) is 4.46. The number of hydrogen-bond acceptors (Lipinski definition) is 1. The van der Waals surface area contributed by atoms with Crippen molar-refractivity contribution in [1.29, 1.82) is 0 Å². The van der Waals surface area contributed by atoms with Gasteiger partial charge in [-0.05, 0) is 45.2 Å². The van der Waals surface area contributed by atoms with E-state index in [1.54, 1.807) is 0 Å². The van der Waals surface area contributed by atoms with Gasteiger partial charge in [-0.2, -0.15) is 0 Å². The summed E-state index contributed by atoms with van der Waals surface area (Å²) in [6.07, 6.45) is 6.08. The van der Waals surface area contributed by atoms with Crippen molar-refractivity contribution in [2.24, 2.45) is 0 Å². The Morgan fingerprint density at radius 2 is 1.93 bits per heavy atom. The van der Waals surface area contributed by atoms with E-state index in [9.17, 15) is 0 Å². The first-order chi connectivity index (χ1) is 6.65. The van der Waals surface area contributed by atoms with Gasteiger partial charge >= 0.3 is 0 Å². The molecule has 1 rings (SSSR count). The van der Waals surface area contributed by atoms with Gasteiger partial charge in [-0.15, -0.1) is 11.6 Å². The van der Waals surface area contributed by atoms with Crippen LogP contribution in [0.4, 0.5) is 0 Å². The molecule has 0 aliphatic carbocycles. The summed E-state index contributed by atoms with van der Waals surface area (Å²) in [6, 6.07) is 0.748. The van der Waals surface area contributed by atoms with Crippen LogP contribution in [0.5, 0.6) is 0 Å². The van der Waals surface area contributed by atoms with Gasteiger partial charge in [0.1, 0.15) is 0 Å². The fourth-order valence-electron chi connectivity index (χ4n) is 2.50. The van der Waals surface area contributed by atoms with Crippen LogP contribution in [0.25, 0.3) is 0 Å². The second-order valence-electron chi connectivity index (χ2n) is 4.49. The van der Waals surface area contributed by atoms with E-state index in [2.05, 4.69) is 25.7 Å². The fourth-order valence-corrected chi connectivity index (χ4v) is 2.68. The Hall–Kier alpha value is 0.250. The molecule has 1 aliphatic heterocycles. The molecular formula is C12H24ClN. The maximum Gasteiger partial charge on any atom is 0.0456 e. The van der Waals surface area contributed by atoms with E-state index >= 15 is 0 Å². The lowest BCUT2D eigenvalue weighted by atomic mass is 9.92. The number of likely N-dealkylation sites (tertiary alicyclic amines) is 1. The van der Waals surface area contributed by atoms with Crippen molar-refractivity contribution >= 4 is 11.6 Å². The molecule has 0 spiro atoms. The molecule has 84 valence electrons. The highest BCUT2D eigenvalue weighted by Gasteiger charge is 2.32. The first kappa shape index (κ1) is 12.3. The van der Waals surface area contributed by atoms with Gasteiger partial charge in [0.15, 0.2) is 0 Å². The molecule has 1 nitrogen and oxygen atoms in total. The van der Waals surface area contributed by atoms with Gasteiger partial charge in [0.05, 0.1) is 0 Å². The highest BCUT2D eigenvalue weighted by molar-refractivity contribution is 6.23. The number of halogens is 1. The van der Waals surface area contributed by atoms with E-state index in [0.29, 0.717) is 0 Å². The molecular weight excluding hydrogens is 194 g/mol. The maximum absolute atomic E-state index is 6.58. The summed E-state index contributed by atoms with van der Waals surface area (Å²) >= 11 is 6.58. The highest BCUT2D eigenvalue weighted by atomic mass is 35.5. The predicted octanol–water partition coefficient (Wildman–Crippen LogP) is 3.66. The van der Waals surface area contributed by atoms with E-state index in [1.807, 2.05) is 0 Å². The van der Waals surface area contributed by atoms with E-state index in [-0.39, 0.29) is 4.87 Å². The average molecular weight is 218 g/mol. The smallest absolute Gasteiger partial charge is 0.0456 e. The van der Waals surface area contributed by atoms with Crippen molar-refractivity contribution < 1.29 is 0 Å². The summed E-state index contributed by atoms with van der Waals surface area (Å²) in [5.41, 5.74) is 0. The minimum Gasteiger partial charge on any atom is -0.301 e. The van der Waals surface area contributed by atoms with Gasteiger partial charge < -0.3 is 4.90 Å². The summed E-state index contributed by atoms with van der Waals surface area (Å²) in [5, 5.41) is 0. The Labute approximate surface area is 93.8 Å². The lowest BCUT2D eigenvalue weighted by molar-refractivity contribution is 0.232. The minimum absolute atomic E-state index is 0.0580. The standard InChI is InChI=1S/C12H24ClN/c1-4-12(13,5-2)10-11-8-7-9-14(11)6-3/h11H,4-10H2,1-3H3. The Balaban J connectivity index is 2.49. The van der Waals surface area contributed by atoms with Crippen molar-refractivity contribution in [3.8, 4) is 0 Å². The topological polar surface area (TPSA) is 3.24 Å². The van der Waals surface area contributed by atoms with Crippen LogP contribution in [0, 0.1) is 0 Å². The maximum atomic E-state index is 6.58. The molecule has 0 aromatic rings. The number of hydrogen-bond donors (Lipinski definition) is 0.